The maximum atomic E-state index is 5.52. The Labute approximate surface area is 90.2 Å². The first-order valence-corrected chi connectivity index (χ1v) is 5.20. The topological polar surface area (TPSA) is 60.2 Å². The van der Waals surface area contributed by atoms with Crippen LogP contribution in [0.2, 0.25) is 0 Å². The number of rotatable bonds is 5. The molecular formula is C10H19N3O2. The quantitative estimate of drug-likeness (QED) is 0.812. The Kier molecular flexibility index (Phi) is 3.68. The third-order valence-corrected chi connectivity index (χ3v) is 1.88. The summed E-state index contributed by atoms with van der Waals surface area (Å²) in [6.07, 6.45) is 0. The maximum absolute atomic E-state index is 5.52. The lowest BCUT2D eigenvalue weighted by Crippen LogP contribution is -2.23. The Balaban J connectivity index is 2.74. The summed E-state index contributed by atoms with van der Waals surface area (Å²) in [6, 6.07) is 0.710. The first kappa shape index (κ1) is 12.0. The molecule has 0 atom stereocenters. The molecule has 0 bridgehead atoms. The van der Waals surface area contributed by atoms with E-state index in [9.17, 15) is 0 Å². The fraction of sp³-hybridized carbons (Fsp3) is 0.800. The first-order chi connectivity index (χ1) is 6.95. The Hall–Kier alpha value is -1.10. The normalized spacial score (nSPS) is 12.1. The zero-order chi connectivity index (χ0) is 11.5. The molecule has 5 heteroatoms. The molecular weight excluding hydrogens is 194 g/mol. The number of aromatic nitrogens is 2. The minimum Gasteiger partial charge on any atom is -0.368 e. The number of ether oxygens (including phenoxy) is 1. The second kappa shape index (κ2) is 4.61. The molecule has 15 heavy (non-hydrogen) atoms. The van der Waals surface area contributed by atoms with Gasteiger partial charge in [0.1, 0.15) is 5.60 Å². The van der Waals surface area contributed by atoms with Crippen LogP contribution in [-0.2, 0) is 10.3 Å². The molecule has 0 aliphatic carbocycles. The molecule has 1 aromatic rings. The van der Waals surface area contributed by atoms with Crippen molar-refractivity contribution in [3.63, 3.8) is 0 Å². The molecule has 0 aliphatic heterocycles. The average molecular weight is 213 g/mol. The molecule has 0 aromatic carbocycles. The monoisotopic (exact) mass is 213 g/mol. The van der Waals surface area contributed by atoms with Crippen LogP contribution in [0.4, 0.5) is 6.01 Å². The predicted molar refractivity (Wildman–Crippen MR) is 57.7 cm³/mol. The second-order valence-corrected chi connectivity index (χ2v) is 4.17. The summed E-state index contributed by atoms with van der Waals surface area (Å²) in [6.45, 7) is 10.4. The second-order valence-electron chi connectivity index (χ2n) is 4.17. The predicted octanol–water partition coefficient (Wildman–Crippen LogP) is 2.16. The molecule has 0 radical (unpaired) electrons. The molecule has 0 spiro atoms. The molecule has 1 N–H and O–H groups in total. The van der Waals surface area contributed by atoms with Crippen molar-refractivity contribution < 1.29 is 9.26 Å². The number of nitrogens with zero attached hydrogens (tertiary/aromatic N) is 2. The molecule has 1 aromatic heterocycles. The van der Waals surface area contributed by atoms with Crippen LogP contribution in [0.15, 0.2) is 4.52 Å². The smallest absolute Gasteiger partial charge is 0.321 e. The van der Waals surface area contributed by atoms with Gasteiger partial charge in [-0.1, -0.05) is 5.16 Å². The molecule has 1 heterocycles. The molecule has 0 fully saturated rings. The summed E-state index contributed by atoms with van der Waals surface area (Å²) < 4.78 is 10.6. The van der Waals surface area contributed by atoms with Crippen LogP contribution in [-0.4, -0.2) is 22.8 Å². The van der Waals surface area contributed by atoms with Crippen molar-refractivity contribution >= 4 is 6.01 Å². The lowest BCUT2D eigenvalue weighted by atomic mass is 10.1. The third kappa shape index (κ3) is 3.20. The van der Waals surface area contributed by atoms with Gasteiger partial charge in [0.2, 0.25) is 5.82 Å². The summed E-state index contributed by atoms with van der Waals surface area (Å²) in [5, 5.41) is 6.93. The molecule has 86 valence electrons. The van der Waals surface area contributed by atoms with Gasteiger partial charge in [0.05, 0.1) is 0 Å². The fourth-order valence-corrected chi connectivity index (χ4v) is 1.20. The largest absolute Gasteiger partial charge is 0.368 e. The van der Waals surface area contributed by atoms with Gasteiger partial charge in [-0.15, -0.1) is 0 Å². The van der Waals surface area contributed by atoms with Crippen molar-refractivity contribution in [2.75, 3.05) is 11.9 Å². The van der Waals surface area contributed by atoms with Crippen LogP contribution in [0.5, 0.6) is 0 Å². The highest BCUT2D eigenvalue weighted by atomic mass is 16.5. The van der Waals surface area contributed by atoms with Crippen molar-refractivity contribution in [1.82, 2.24) is 10.1 Å². The van der Waals surface area contributed by atoms with Crippen LogP contribution < -0.4 is 5.32 Å². The molecule has 0 amide bonds. The van der Waals surface area contributed by atoms with E-state index in [0.29, 0.717) is 18.4 Å². The minimum absolute atomic E-state index is 0.272. The van der Waals surface area contributed by atoms with Gasteiger partial charge in [0.15, 0.2) is 0 Å². The van der Waals surface area contributed by atoms with Gasteiger partial charge in [0, 0.05) is 12.6 Å². The molecule has 0 saturated heterocycles. The van der Waals surface area contributed by atoms with Crippen molar-refractivity contribution in [1.29, 1.82) is 0 Å². The Morgan fingerprint density at radius 1 is 1.47 bits per heavy atom. The highest BCUT2D eigenvalue weighted by Gasteiger charge is 2.27. The molecule has 1 rings (SSSR count). The summed E-state index contributed by atoms with van der Waals surface area (Å²) in [5.41, 5.74) is -0.505. The lowest BCUT2D eigenvalue weighted by Gasteiger charge is -2.19. The minimum atomic E-state index is -0.505. The van der Waals surface area contributed by atoms with Crippen LogP contribution in [0.1, 0.15) is 40.4 Å². The number of hydrogen-bond acceptors (Lipinski definition) is 5. The lowest BCUT2D eigenvalue weighted by molar-refractivity contribution is -0.0221. The van der Waals surface area contributed by atoms with Crippen molar-refractivity contribution in [2.45, 2.75) is 46.3 Å². The summed E-state index contributed by atoms with van der Waals surface area (Å²) in [4.78, 5) is 4.23. The SMILES string of the molecule is CCOC(C)(C)c1noc(NC(C)C)n1. The number of anilines is 1. The van der Waals surface area contributed by atoms with Crippen LogP contribution in [0.3, 0.4) is 0 Å². The van der Waals surface area contributed by atoms with Crippen LogP contribution in [0, 0.1) is 0 Å². The zero-order valence-electron chi connectivity index (χ0n) is 10.00. The third-order valence-electron chi connectivity index (χ3n) is 1.88. The Morgan fingerprint density at radius 3 is 2.67 bits per heavy atom. The van der Waals surface area contributed by atoms with Crippen LogP contribution in [0.25, 0.3) is 0 Å². The van der Waals surface area contributed by atoms with Gasteiger partial charge < -0.3 is 14.6 Å². The van der Waals surface area contributed by atoms with Crippen molar-refractivity contribution in [3.8, 4) is 0 Å². The standard InChI is InChI=1S/C10H19N3O2/c1-6-14-10(4,5)8-12-9(15-13-8)11-7(2)3/h7H,6H2,1-5H3,(H,11,12,13). The summed E-state index contributed by atoms with van der Waals surface area (Å²) >= 11 is 0. The van der Waals surface area contributed by atoms with E-state index in [-0.39, 0.29) is 6.04 Å². The van der Waals surface area contributed by atoms with E-state index in [1.807, 2.05) is 34.6 Å². The maximum Gasteiger partial charge on any atom is 0.321 e. The van der Waals surface area contributed by atoms with Gasteiger partial charge in [-0.2, -0.15) is 4.98 Å². The fourth-order valence-electron chi connectivity index (χ4n) is 1.20. The number of nitrogens with one attached hydrogen (secondary N) is 1. The molecule has 5 nitrogen and oxygen atoms in total. The first-order valence-electron chi connectivity index (χ1n) is 5.20. The van der Waals surface area contributed by atoms with Gasteiger partial charge in [0.25, 0.3) is 0 Å². The van der Waals surface area contributed by atoms with Gasteiger partial charge in [-0.05, 0) is 34.6 Å². The van der Waals surface area contributed by atoms with E-state index in [2.05, 4.69) is 15.5 Å². The van der Waals surface area contributed by atoms with Gasteiger partial charge in [-0.25, -0.2) is 0 Å². The van der Waals surface area contributed by atoms with Gasteiger partial charge in [-0.3, -0.25) is 0 Å². The van der Waals surface area contributed by atoms with Crippen molar-refractivity contribution in [2.24, 2.45) is 0 Å². The van der Waals surface area contributed by atoms with E-state index in [0.717, 1.165) is 0 Å². The van der Waals surface area contributed by atoms with E-state index < -0.39 is 5.60 Å². The Morgan fingerprint density at radius 2 is 2.13 bits per heavy atom. The summed E-state index contributed by atoms with van der Waals surface area (Å²) in [7, 11) is 0. The Bertz CT molecular complexity index is 307. The van der Waals surface area contributed by atoms with E-state index >= 15 is 0 Å². The summed E-state index contributed by atoms with van der Waals surface area (Å²) in [5.74, 6) is 0.562. The zero-order valence-corrected chi connectivity index (χ0v) is 10.00. The van der Waals surface area contributed by atoms with Gasteiger partial charge >= 0.3 is 6.01 Å². The highest BCUT2D eigenvalue weighted by molar-refractivity contribution is 5.20. The van der Waals surface area contributed by atoms with Crippen molar-refractivity contribution in [3.05, 3.63) is 5.82 Å². The molecule has 0 unspecified atom stereocenters. The van der Waals surface area contributed by atoms with E-state index in [1.165, 1.54) is 0 Å². The van der Waals surface area contributed by atoms with E-state index in [4.69, 9.17) is 9.26 Å². The molecule has 0 saturated carbocycles. The highest BCUT2D eigenvalue weighted by Crippen LogP contribution is 2.22. The number of hydrogen-bond donors (Lipinski definition) is 1. The van der Waals surface area contributed by atoms with E-state index in [1.54, 1.807) is 0 Å². The van der Waals surface area contributed by atoms with Crippen LogP contribution >= 0.6 is 0 Å². The molecule has 0 aliphatic rings. The average Bonchev–Trinajstić information content (AvgIpc) is 2.51.